The van der Waals surface area contributed by atoms with Crippen molar-refractivity contribution < 1.29 is 9.21 Å². The summed E-state index contributed by atoms with van der Waals surface area (Å²) in [7, 11) is 0. The van der Waals surface area contributed by atoms with Gasteiger partial charge in [-0.3, -0.25) is 4.79 Å². The molecule has 0 aliphatic carbocycles. The lowest BCUT2D eigenvalue weighted by Gasteiger charge is -2.03. The van der Waals surface area contributed by atoms with Gasteiger partial charge in [0.05, 0.1) is 17.4 Å². The van der Waals surface area contributed by atoms with Gasteiger partial charge < -0.3 is 9.73 Å². The molecule has 0 atom stereocenters. The minimum atomic E-state index is -0.337. The number of fused-ring (bicyclic) bond motifs is 1. The fraction of sp³-hybridized carbons (Fsp3) is 0. The molecule has 0 bridgehead atoms. The Bertz CT molecular complexity index is 1020. The molecule has 0 saturated heterocycles. The van der Waals surface area contributed by atoms with Crippen molar-refractivity contribution in [2.24, 2.45) is 0 Å². The van der Waals surface area contributed by atoms with Crippen LogP contribution in [0.4, 0.5) is 5.69 Å². The molecular weight excluding hydrogens is 346 g/mol. The van der Waals surface area contributed by atoms with Gasteiger partial charge in [0.2, 0.25) is 0 Å². The van der Waals surface area contributed by atoms with Crippen LogP contribution in [0.2, 0.25) is 5.02 Å². The summed E-state index contributed by atoms with van der Waals surface area (Å²) >= 11 is 6.99. The Morgan fingerprint density at radius 2 is 1.88 bits per heavy atom. The maximum absolute atomic E-state index is 12.4. The number of carbonyl (C=O) groups excluding carboxylic acids is 1. The van der Waals surface area contributed by atoms with Crippen molar-refractivity contribution >= 4 is 46.0 Å². The number of rotatable bonds is 3. The minimum Gasteiger partial charge on any atom is -0.451 e. The Balaban J connectivity index is 1.59. The summed E-state index contributed by atoms with van der Waals surface area (Å²) < 4.78 is 14.0. The summed E-state index contributed by atoms with van der Waals surface area (Å²) in [5.41, 5.74) is 2.87. The Labute approximate surface area is 146 Å². The molecule has 0 spiro atoms. The van der Waals surface area contributed by atoms with Crippen LogP contribution in [0, 0.1) is 0 Å². The topological polar surface area (TPSA) is 68.0 Å². The van der Waals surface area contributed by atoms with Crippen LogP contribution in [0.25, 0.3) is 22.4 Å². The largest absolute Gasteiger partial charge is 0.451 e. The number of hydrogen-bond donors (Lipinski definition) is 1. The molecule has 7 heteroatoms. The summed E-state index contributed by atoms with van der Waals surface area (Å²) in [5.74, 6) is 0.487. The molecule has 1 N–H and O–H groups in total. The smallest absolute Gasteiger partial charge is 0.291 e. The number of nitrogens with one attached hydrogen (secondary N) is 1. The number of nitrogens with zero attached hydrogens (tertiary/aromatic N) is 2. The van der Waals surface area contributed by atoms with Crippen LogP contribution in [-0.2, 0) is 0 Å². The van der Waals surface area contributed by atoms with Gasteiger partial charge in [0.1, 0.15) is 16.8 Å². The highest BCUT2D eigenvalue weighted by atomic mass is 35.5. The first-order valence-corrected chi connectivity index (χ1v) is 8.20. The number of hydrogen-bond acceptors (Lipinski definition) is 5. The zero-order valence-corrected chi connectivity index (χ0v) is 13.8. The average molecular weight is 356 g/mol. The Morgan fingerprint density at radius 1 is 1.04 bits per heavy atom. The number of amides is 1. The number of anilines is 1. The zero-order valence-electron chi connectivity index (χ0n) is 12.2. The van der Waals surface area contributed by atoms with E-state index in [2.05, 4.69) is 14.1 Å². The lowest BCUT2D eigenvalue weighted by Crippen LogP contribution is -2.11. The van der Waals surface area contributed by atoms with E-state index in [1.807, 2.05) is 24.3 Å². The summed E-state index contributed by atoms with van der Waals surface area (Å²) in [6.07, 6.45) is 0. The second-order valence-electron chi connectivity index (χ2n) is 5.06. The van der Waals surface area contributed by atoms with Gasteiger partial charge in [-0.2, -0.15) is 8.75 Å². The van der Waals surface area contributed by atoms with Gasteiger partial charge in [0, 0.05) is 10.6 Å². The minimum absolute atomic E-state index is 0.222. The summed E-state index contributed by atoms with van der Waals surface area (Å²) in [6, 6.07) is 16.1. The maximum Gasteiger partial charge on any atom is 0.291 e. The lowest BCUT2D eigenvalue weighted by atomic mass is 10.2. The molecule has 1 amide bonds. The van der Waals surface area contributed by atoms with E-state index < -0.39 is 0 Å². The molecule has 0 fully saturated rings. The molecule has 0 unspecified atom stereocenters. The van der Waals surface area contributed by atoms with Crippen molar-refractivity contribution in [1.29, 1.82) is 0 Å². The van der Waals surface area contributed by atoms with E-state index in [9.17, 15) is 4.79 Å². The second kappa shape index (κ2) is 6.07. The molecule has 118 valence electrons. The standard InChI is InChI=1S/C17H10ClN3O2S/c18-11-6-4-10(5-7-11)14-8-9-15(23-14)17(22)19-12-2-1-3-13-16(12)21-24-20-13/h1-9H,(H,19,22). The predicted octanol–water partition coefficient (Wildman–Crippen LogP) is 4.86. The molecular formula is C17H10ClN3O2S. The zero-order chi connectivity index (χ0) is 16.5. The van der Waals surface area contributed by atoms with Crippen LogP contribution < -0.4 is 5.32 Å². The van der Waals surface area contributed by atoms with E-state index in [4.69, 9.17) is 16.0 Å². The third-order valence-electron chi connectivity index (χ3n) is 3.49. The van der Waals surface area contributed by atoms with Gasteiger partial charge in [-0.05, 0) is 48.5 Å². The highest BCUT2D eigenvalue weighted by molar-refractivity contribution is 7.00. The monoisotopic (exact) mass is 355 g/mol. The van der Waals surface area contributed by atoms with E-state index in [0.717, 1.165) is 22.8 Å². The molecule has 2 aromatic heterocycles. The molecule has 0 saturated carbocycles. The first kappa shape index (κ1) is 14.9. The van der Waals surface area contributed by atoms with Gasteiger partial charge in [-0.15, -0.1) is 0 Å². The third kappa shape index (κ3) is 2.77. The second-order valence-corrected chi connectivity index (χ2v) is 6.03. The summed E-state index contributed by atoms with van der Waals surface area (Å²) in [4.78, 5) is 12.4. The van der Waals surface area contributed by atoms with E-state index in [0.29, 0.717) is 22.0 Å². The molecule has 2 aromatic carbocycles. The fourth-order valence-electron chi connectivity index (χ4n) is 2.32. The molecule has 24 heavy (non-hydrogen) atoms. The van der Waals surface area contributed by atoms with Crippen molar-refractivity contribution in [3.8, 4) is 11.3 Å². The van der Waals surface area contributed by atoms with E-state index in [-0.39, 0.29) is 11.7 Å². The third-order valence-corrected chi connectivity index (χ3v) is 4.29. The quantitative estimate of drug-likeness (QED) is 0.570. The van der Waals surface area contributed by atoms with Crippen LogP contribution in [0.15, 0.2) is 59.0 Å². The van der Waals surface area contributed by atoms with Crippen LogP contribution in [0.5, 0.6) is 0 Å². The van der Waals surface area contributed by atoms with Crippen molar-refractivity contribution in [3.63, 3.8) is 0 Å². The highest BCUT2D eigenvalue weighted by Gasteiger charge is 2.14. The van der Waals surface area contributed by atoms with E-state index >= 15 is 0 Å². The number of aromatic nitrogens is 2. The Morgan fingerprint density at radius 3 is 2.71 bits per heavy atom. The van der Waals surface area contributed by atoms with Crippen LogP contribution in [0.1, 0.15) is 10.6 Å². The molecule has 0 aliphatic rings. The number of furan rings is 1. The van der Waals surface area contributed by atoms with E-state index in [1.165, 1.54) is 0 Å². The van der Waals surface area contributed by atoms with Gasteiger partial charge >= 0.3 is 0 Å². The molecule has 4 aromatic rings. The molecule has 4 rings (SSSR count). The van der Waals surface area contributed by atoms with Crippen molar-refractivity contribution in [2.75, 3.05) is 5.32 Å². The average Bonchev–Trinajstić information content (AvgIpc) is 3.25. The van der Waals surface area contributed by atoms with Crippen molar-refractivity contribution in [3.05, 3.63) is 65.4 Å². The molecule has 0 radical (unpaired) electrons. The van der Waals surface area contributed by atoms with Crippen molar-refractivity contribution in [2.45, 2.75) is 0 Å². The van der Waals surface area contributed by atoms with Gasteiger partial charge in [0.15, 0.2) is 5.76 Å². The van der Waals surface area contributed by atoms with Gasteiger partial charge in [-0.1, -0.05) is 17.7 Å². The van der Waals surface area contributed by atoms with Gasteiger partial charge in [0.25, 0.3) is 5.91 Å². The number of benzene rings is 2. The molecule has 5 nitrogen and oxygen atoms in total. The SMILES string of the molecule is O=C(Nc1cccc2nsnc12)c1ccc(-c2ccc(Cl)cc2)o1. The summed E-state index contributed by atoms with van der Waals surface area (Å²) in [6.45, 7) is 0. The fourth-order valence-corrected chi connectivity index (χ4v) is 3.00. The van der Waals surface area contributed by atoms with Crippen LogP contribution in [0.3, 0.4) is 0 Å². The van der Waals surface area contributed by atoms with Crippen molar-refractivity contribution in [1.82, 2.24) is 8.75 Å². The maximum atomic E-state index is 12.4. The van der Waals surface area contributed by atoms with Crippen LogP contribution in [-0.4, -0.2) is 14.7 Å². The predicted molar refractivity (Wildman–Crippen MR) is 94.5 cm³/mol. The first-order chi connectivity index (χ1) is 11.7. The number of carbonyl (C=O) groups is 1. The first-order valence-electron chi connectivity index (χ1n) is 7.09. The molecule has 2 heterocycles. The highest BCUT2D eigenvalue weighted by Crippen LogP contribution is 2.25. The normalized spacial score (nSPS) is 10.9. The number of halogens is 1. The summed E-state index contributed by atoms with van der Waals surface area (Å²) in [5, 5.41) is 3.46. The van der Waals surface area contributed by atoms with Crippen LogP contribution >= 0.6 is 23.3 Å². The van der Waals surface area contributed by atoms with E-state index in [1.54, 1.807) is 30.3 Å². The van der Waals surface area contributed by atoms with Gasteiger partial charge in [-0.25, -0.2) is 0 Å². The Kier molecular flexibility index (Phi) is 3.76. The Hall–Kier alpha value is -2.70. The lowest BCUT2D eigenvalue weighted by molar-refractivity contribution is 0.0997. The molecule has 0 aliphatic heterocycles.